The van der Waals surface area contributed by atoms with Gasteiger partial charge in [0, 0.05) is 38.8 Å². The molecule has 28 heavy (non-hydrogen) atoms. The highest BCUT2D eigenvalue weighted by Crippen LogP contribution is 2.38. The van der Waals surface area contributed by atoms with E-state index in [1.165, 1.54) is 0 Å². The summed E-state index contributed by atoms with van der Waals surface area (Å²) in [6, 6.07) is 4.84. The van der Waals surface area contributed by atoms with Crippen LogP contribution in [0.4, 0.5) is 0 Å². The molecule has 2 unspecified atom stereocenters. The Kier molecular flexibility index (Phi) is 10.2. The maximum atomic E-state index is 5.42. The van der Waals surface area contributed by atoms with Crippen LogP contribution in [0.25, 0.3) is 0 Å². The number of nitrogens with zero attached hydrogens (tertiary/aromatic N) is 2. The normalized spacial score (nSPS) is 19.9. The van der Waals surface area contributed by atoms with Gasteiger partial charge in [-0.25, -0.2) is 0 Å². The molecule has 0 radical (unpaired) electrons. The quantitative estimate of drug-likeness (QED) is 0.337. The van der Waals surface area contributed by atoms with Crippen LogP contribution in [-0.2, 0) is 6.54 Å². The van der Waals surface area contributed by atoms with Crippen LogP contribution in [0.15, 0.2) is 17.1 Å². The van der Waals surface area contributed by atoms with Gasteiger partial charge in [-0.15, -0.1) is 24.0 Å². The molecule has 2 N–H and O–H groups in total. The van der Waals surface area contributed by atoms with Gasteiger partial charge in [-0.2, -0.15) is 0 Å². The van der Waals surface area contributed by atoms with Crippen LogP contribution in [0.1, 0.15) is 26.3 Å². The lowest BCUT2D eigenvalue weighted by Gasteiger charge is -2.22. The van der Waals surface area contributed by atoms with E-state index in [1.54, 1.807) is 28.4 Å². The van der Waals surface area contributed by atoms with E-state index in [0.29, 0.717) is 41.8 Å². The van der Waals surface area contributed by atoms with E-state index in [4.69, 9.17) is 14.2 Å². The number of aliphatic imine (C=N–C) groups is 1. The van der Waals surface area contributed by atoms with Crippen molar-refractivity contribution in [1.82, 2.24) is 15.5 Å². The molecule has 2 atom stereocenters. The first-order valence-corrected chi connectivity index (χ1v) is 9.43. The minimum absolute atomic E-state index is 0. The highest BCUT2D eigenvalue weighted by Gasteiger charge is 2.31. The SMILES string of the molecule is CN=C(NCc1cc(OC)c(OC)c(OC)c1)NC1CN(C(C)C)CC1C.I. The minimum Gasteiger partial charge on any atom is -0.493 e. The standard InChI is InChI=1S/C20H34N4O3.HI/c1-13(2)24-11-14(3)16(12-24)23-20(21-4)22-10-15-8-17(25-5)19(27-7)18(9-15)26-6;/h8-9,13-14,16H,10-12H2,1-7H3,(H2,21,22,23);1H. The maximum absolute atomic E-state index is 5.42. The summed E-state index contributed by atoms with van der Waals surface area (Å²) in [5.41, 5.74) is 1.02. The van der Waals surface area contributed by atoms with Crippen molar-refractivity contribution in [2.45, 2.75) is 39.4 Å². The predicted molar refractivity (Wildman–Crippen MR) is 125 cm³/mol. The molecule has 0 aromatic heterocycles. The summed E-state index contributed by atoms with van der Waals surface area (Å²) in [5.74, 6) is 3.26. The van der Waals surface area contributed by atoms with Crippen molar-refractivity contribution in [2.75, 3.05) is 41.5 Å². The van der Waals surface area contributed by atoms with E-state index in [1.807, 2.05) is 12.1 Å². The highest BCUT2D eigenvalue weighted by atomic mass is 127. The summed E-state index contributed by atoms with van der Waals surface area (Å²) in [5, 5.41) is 6.95. The molecule has 0 spiro atoms. The van der Waals surface area contributed by atoms with Crippen LogP contribution < -0.4 is 24.8 Å². The van der Waals surface area contributed by atoms with Gasteiger partial charge in [0.25, 0.3) is 0 Å². The number of methoxy groups -OCH3 is 3. The van der Waals surface area contributed by atoms with Gasteiger partial charge in [-0.3, -0.25) is 9.89 Å². The van der Waals surface area contributed by atoms with E-state index < -0.39 is 0 Å². The summed E-state index contributed by atoms with van der Waals surface area (Å²) < 4.78 is 16.2. The molecule has 2 rings (SSSR count). The number of halogens is 1. The molecule has 1 aliphatic rings. The second kappa shape index (κ2) is 11.5. The molecule has 1 fully saturated rings. The first kappa shape index (κ1) is 24.6. The zero-order valence-electron chi connectivity index (χ0n) is 18.0. The number of hydrogen-bond donors (Lipinski definition) is 2. The van der Waals surface area contributed by atoms with Crippen molar-refractivity contribution in [3.05, 3.63) is 17.7 Å². The van der Waals surface area contributed by atoms with E-state index in [-0.39, 0.29) is 24.0 Å². The molecule has 0 saturated carbocycles. The molecule has 1 heterocycles. The van der Waals surface area contributed by atoms with Gasteiger partial charge in [0.1, 0.15) is 0 Å². The van der Waals surface area contributed by atoms with Crippen LogP contribution >= 0.6 is 24.0 Å². The van der Waals surface area contributed by atoms with Gasteiger partial charge in [-0.1, -0.05) is 6.92 Å². The molecule has 1 aromatic rings. The summed E-state index contributed by atoms with van der Waals surface area (Å²) in [6.45, 7) is 9.51. The topological polar surface area (TPSA) is 67.4 Å². The highest BCUT2D eigenvalue weighted by molar-refractivity contribution is 14.0. The van der Waals surface area contributed by atoms with Crippen LogP contribution in [0, 0.1) is 5.92 Å². The number of guanidine groups is 1. The summed E-state index contributed by atoms with van der Waals surface area (Å²) in [7, 11) is 6.64. The lowest BCUT2D eigenvalue weighted by atomic mass is 10.1. The molecular formula is C20H35IN4O3. The Balaban J connectivity index is 0.00000392. The minimum atomic E-state index is 0. The summed E-state index contributed by atoms with van der Waals surface area (Å²) in [6.07, 6.45) is 0. The van der Waals surface area contributed by atoms with Crippen molar-refractivity contribution < 1.29 is 14.2 Å². The van der Waals surface area contributed by atoms with Gasteiger partial charge in [0.2, 0.25) is 5.75 Å². The largest absolute Gasteiger partial charge is 0.493 e. The number of rotatable bonds is 7. The van der Waals surface area contributed by atoms with Crippen LogP contribution in [0.5, 0.6) is 17.2 Å². The molecule has 0 aliphatic carbocycles. The summed E-state index contributed by atoms with van der Waals surface area (Å²) >= 11 is 0. The van der Waals surface area contributed by atoms with Gasteiger partial charge < -0.3 is 24.8 Å². The molecule has 8 heteroatoms. The zero-order valence-corrected chi connectivity index (χ0v) is 20.4. The summed E-state index contributed by atoms with van der Waals surface area (Å²) in [4.78, 5) is 6.87. The van der Waals surface area contributed by atoms with E-state index in [0.717, 1.165) is 24.6 Å². The van der Waals surface area contributed by atoms with E-state index >= 15 is 0 Å². The fourth-order valence-corrected chi connectivity index (χ4v) is 3.41. The monoisotopic (exact) mass is 506 g/mol. The Labute approximate surface area is 186 Å². The van der Waals surface area contributed by atoms with E-state index in [2.05, 4.69) is 41.3 Å². The third kappa shape index (κ3) is 6.04. The van der Waals surface area contributed by atoms with Crippen LogP contribution in [0.2, 0.25) is 0 Å². The molecule has 160 valence electrons. The van der Waals surface area contributed by atoms with E-state index in [9.17, 15) is 0 Å². The second-order valence-corrected chi connectivity index (χ2v) is 7.24. The lowest BCUT2D eigenvalue weighted by Crippen LogP contribution is -2.46. The number of ether oxygens (including phenoxy) is 3. The number of benzene rings is 1. The molecular weight excluding hydrogens is 471 g/mol. The molecule has 7 nitrogen and oxygen atoms in total. The van der Waals surface area contributed by atoms with Gasteiger partial charge in [0.05, 0.1) is 21.3 Å². The number of likely N-dealkylation sites (tertiary alicyclic amines) is 1. The first-order valence-electron chi connectivity index (χ1n) is 9.43. The Morgan fingerprint density at radius 3 is 2.18 bits per heavy atom. The number of hydrogen-bond acceptors (Lipinski definition) is 5. The zero-order chi connectivity index (χ0) is 20.0. The second-order valence-electron chi connectivity index (χ2n) is 7.24. The Morgan fingerprint density at radius 2 is 1.75 bits per heavy atom. The third-order valence-corrected chi connectivity index (χ3v) is 5.10. The molecule has 1 aliphatic heterocycles. The van der Waals surface area contributed by atoms with Crippen molar-refractivity contribution in [2.24, 2.45) is 10.9 Å². The fourth-order valence-electron chi connectivity index (χ4n) is 3.41. The smallest absolute Gasteiger partial charge is 0.203 e. The Morgan fingerprint density at radius 1 is 1.14 bits per heavy atom. The van der Waals surface area contributed by atoms with Crippen molar-refractivity contribution >= 4 is 29.9 Å². The molecule has 0 bridgehead atoms. The van der Waals surface area contributed by atoms with Crippen molar-refractivity contribution in [1.29, 1.82) is 0 Å². The lowest BCUT2D eigenvalue weighted by molar-refractivity contribution is 0.265. The van der Waals surface area contributed by atoms with Crippen LogP contribution in [0.3, 0.4) is 0 Å². The average Bonchev–Trinajstić information content (AvgIpc) is 3.04. The fraction of sp³-hybridized carbons (Fsp3) is 0.650. The predicted octanol–water partition coefficient (Wildman–Crippen LogP) is 2.72. The molecule has 1 saturated heterocycles. The van der Waals surface area contributed by atoms with Crippen molar-refractivity contribution in [3.8, 4) is 17.2 Å². The van der Waals surface area contributed by atoms with Gasteiger partial charge >= 0.3 is 0 Å². The average molecular weight is 506 g/mol. The Bertz CT molecular complexity index is 629. The third-order valence-electron chi connectivity index (χ3n) is 5.10. The molecule has 1 aromatic carbocycles. The maximum Gasteiger partial charge on any atom is 0.203 e. The first-order chi connectivity index (χ1) is 12.9. The van der Waals surface area contributed by atoms with Gasteiger partial charge in [0.15, 0.2) is 17.5 Å². The van der Waals surface area contributed by atoms with Crippen LogP contribution in [-0.4, -0.2) is 64.4 Å². The van der Waals surface area contributed by atoms with Gasteiger partial charge in [-0.05, 0) is 37.5 Å². The Hall–Kier alpha value is -1.42. The van der Waals surface area contributed by atoms with Crippen molar-refractivity contribution in [3.63, 3.8) is 0 Å². The number of nitrogens with one attached hydrogen (secondary N) is 2. The molecule has 0 amide bonds.